The van der Waals surface area contributed by atoms with E-state index in [9.17, 15) is 4.79 Å². The Labute approximate surface area is 92.2 Å². The summed E-state index contributed by atoms with van der Waals surface area (Å²) in [7, 11) is 0. The Hall–Kier alpha value is -0.610. The second kappa shape index (κ2) is 5.47. The molecule has 1 saturated heterocycles. The van der Waals surface area contributed by atoms with E-state index in [1.54, 1.807) is 0 Å². The van der Waals surface area contributed by atoms with Crippen molar-refractivity contribution in [2.45, 2.75) is 39.7 Å². The number of hydrazine groups is 1. The molecule has 0 aromatic rings. The van der Waals surface area contributed by atoms with Crippen LogP contribution in [-0.4, -0.2) is 29.9 Å². The molecule has 0 saturated carbocycles. The summed E-state index contributed by atoms with van der Waals surface area (Å²) >= 11 is 0. The number of likely N-dealkylation sites (tertiary alicyclic amines) is 1. The van der Waals surface area contributed by atoms with Crippen molar-refractivity contribution in [3.05, 3.63) is 0 Å². The summed E-state index contributed by atoms with van der Waals surface area (Å²) < 4.78 is 0. The average Bonchev–Trinajstić information content (AvgIpc) is 2.16. The molecule has 0 aromatic carbocycles. The lowest BCUT2D eigenvalue weighted by Crippen LogP contribution is -2.46. The Bertz CT molecular complexity index is 210. The van der Waals surface area contributed by atoms with Gasteiger partial charge in [-0.25, -0.2) is 5.84 Å². The van der Waals surface area contributed by atoms with Crippen LogP contribution in [0.5, 0.6) is 0 Å². The SMILES string of the molecule is CC1CC(C)CN(C(C)CC(=O)NN)C1. The van der Waals surface area contributed by atoms with Gasteiger partial charge in [-0.1, -0.05) is 13.8 Å². The van der Waals surface area contributed by atoms with Gasteiger partial charge in [0.1, 0.15) is 0 Å². The maximum Gasteiger partial charge on any atom is 0.235 e. The van der Waals surface area contributed by atoms with Crippen molar-refractivity contribution >= 4 is 5.91 Å². The number of rotatable bonds is 3. The van der Waals surface area contributed by atoms with E-state index >= 15 is 0 Å². The van der Waals surface area contributed by atoms with Crippen LogP contribution in [0.25, 0.3) is 0 Å². The third-order valence-electron chi connectivity index (χ3n) is 3.16. The normalized spacial score (nSPS) is 29.9. The molecule has 88 valence electrons. The maximum atomic E-state index is 11.2. The van der Waals surface area contributed by atoms with E-state index in [0.717, 1.165) is 24.9 Å². The zero-order valence-corrected chi connectivity index (χ0v) is 9.99. The second-order valence-corrected chi connectivity index (χ2v) is 5.02. The van der Waals surface area contributed by atoms with Gasteiger partial charge in [0.05, 0.1) is 0 Å². The summed E-state index contributed by atoms with van der Waals surface area (Å²) in [5.41, 5.74) is 2.19. The molecule has 1 heterocycles. The number of nitrogens with two attached hydrogens (primary N) is 1. The summed E-state index contributed by atoms with van der Waals surface area (Å²) in [4.78, 5) is 13.6. The molecule has 0 aliphatic carbocycles. The quantitative estimate of drug-likeness (QED) is 0.413. The third-order valence-corrected chi connectivity index (χ3v) is 3.16. The van der Waals surface area contributed by atoms with Crippen LogP contribution in [0.1, 0.15) is 33.6 Å². The predicted octanol–water partition coefficient (Wildman–Crippen LogP) is 0.733. The highest BCUT2D eigenvalue weighted by molar-refractivity contribution is 5.75. The Morgan fingerprint density at radius 3 is 2.47 bits per heavy atom. The molecular weight excluding hydrogens is 190 g/mol. The summed E-state index contributed by atoms with van der Waals surface area (Å²) in [6.45, 7) is 8.85. The monoisotopic (exact) mass is 213 g/mol. The predicted molar refractivity (Wildman–Crippen MR) is 60.9 cm³/mol. The van der Waals surface area contributed by atoms with Crippen LogP contribution in [0.3, 0.4) is 0 Å². The van der Waals surface area contributed by atoms with Gasteiger partial charge in [0.15, 0.2) is 0 Å². The van der Waals surface area contributed by atoms with Gasteiger partial charge in [0, 0.05) is 25.6 Å². The zero-order chi connectivity index (χ0) is 11.4. The number of carbonyl (C=O) groups excluding carboxylic acids is 1. The number of carbonyl (C=O) groups is 1. The molecule has 1 aliphatic heterocycles. The fourth-order valence-corrected chi connectivity index (χ4v) is 2.53. The number of piperidine rings is 1. The van der Waals surface area contributed by atoms with Gasteiger partial charge in [-0.05, 0) is 25.2 Å². The number of nitrogens with one attached hydrogen (secondary N) is 1. The second-order valence-electron chi connectivity index (χ2n) is 5.02. The van der Waals surface area contributed by atoms with E-state index in [1.165, 1.54) is 6.42 Å². The molecule has 3 unspecified atom stereocenters. The smallest absolute Gasteiger partial charge is 0.235 e. The van der Waals surface area contributed by atoms with Gasteiger partial charge < -0.3 is 0 Å². The number of hydrogen-bond acceptors (Lipinski definition) is 3. The van der Waals surface area contributed by atoms with Gasteiger partial charge >= 0.3 is 0 Å². The van der Waals surface area contributed by atoms with E-state index in [0.29, 0.717) is 12.5 Å². The van der Waals surface area contributed by atoms with Crippen molar-refractivity contribution in [3.8, 4) is 0 Å². The van der Waals surface area contributed by atoms with Gasteiger partial charge in [-0.15, -0.1) is 0 Å². The van der Waals surface area contributed by atoms with Crippen molar-refractivity contribution in [1.82, 2.24) is 10.3 Å². The van der Waals surface area contributed by atoms with E-state index in [1.807, 2.05) is 0 Å². The first-order valence-electron chi connectivity index (χ1n) is 5.76. The summed E-state index contributed by atoms with van der Waals surface area (Å²) in [5.74, 6) is 6.48. The minimum atomic E-state index is -0.0756. The van der Waals surface area contributed by atoms with Crippen LogP contribution in [-0.2, 0) is 4.79 Å². The Balaban J connectivity index is 2.44. The van der Waals surface area contributed by atoms with Crippen molar-refractivity contribution in [2.24, 2.45) is 17.7 Å². The maximum absolute atomic E-state index is 11.2. The molecule has 0 spiro atoms. The van der Waals surface area contributed by atoms with Crippen LogP contribution in [0.4, 0.5) is 0 Å². The van der Waals surface area contributed by atoms with E-state index in [-0.39, 0.29) is 5.91 Å². The van der Waals surface area contributed by atoms with Crippen molar-refractivity contribution < 1.29 is 4.79 Å². The molecule has 4 nitrogen and oxygen atoms in total. The highest BCUT2D eigenvalue weighted by atomic mass is 16.2. The van der Waals surface area contributed by atoms with Crippen LogP contribution in [0.2, 0.25) is 0 Å². The van der Waals surface area contributed by atoms with Crippen molar-refractivity contribution in [2.75, 3.05) is 13.1 Å². The minimum Gasteiger partial charge on any atom is -0.300 e. The molecular formula is C11H23N3O. The van der Waals surface area contributed by atoms with Crippen LogP contribution in [0.15, 0.2) is 0 Å². The third kappa shape index (κ3) is 3.80. The molecule has 3 N–H and O–H groups in total. The highest BCUT2D eigenvalue weighted by Gasteiger charge is 2.25. The molecule has 1 aliphatic rings. The van der Waals surface area contributed by atoms with Crippen molar-refractivity contribution in [3.63, 3.8) is 0 Å². The molecule has 0 radical (unpaired) electrons. The van der Waals surface area contributed by atoms with E-state index in [4.69, 9.17) is 5.84 Å². The van der Waals surface area contributed by atoms with Crippen LogP contribution < -0.4 is 11.3 Å². The molecule has 1 fully saturated rings. The summed E-state index contributed by atoms with van der Waals surface area (Å²) in [5, 5.41) is 0. The standard InChI is InChI=1S/C11H23N3O/c1-8-4-9(2)7-14(6-8)10(3)5-11(15)13-12/h8-10H,4-7,12H2,1-3H3,(H,13,15). The Morgan fingerprint density at radius 2 is 2.00 bits per heavy atom. The topological polar surface area (TPSA) is 58.4 Å². The Kier molecular flexibility index (Phi) is 4.54. The fourth-order valence-electron chi connectivity index (χ4n) is 2.53. The molecule has 4 heteroatoms. The number of amides is 1. The number of nitrogens with zero attached hydrogens (tertiary/aromatic N) is 1. The van der Waals surface area contributed by atoms with E-state index < -0.39 is 0 Å². The van der Waals surface area contributed by atoms with E-state index in [2.05, 4.69) is 31.1 Å². The lowest BCUT2D eigenvalue weighted by molar-refractivity contribution is -0.122. The van der Waals surface area contributed by atoms with Crippen LogP contribution >= 0.6 is 0 Å². The molecule has 15 heavy (non-hydrogen) atoms. The molecule has 1 amide bonds. The summed E-state index contributed by atoms with van der Waals surface area (Å²) in [6.07, 6.45) is 1.79. The molecule has 3 atom stereocenters. The molecule has 1 rings (SSSR count). The van der Waals surface area contributed by atoms with Gasteiger partial charge in [-0.3, -0.25) is 15.1 Å². The zero-order valence-electron chi connectivity index (χ0n) is 9.99. The van der Waals surface area contributed by atoms with Crippen molar-refractivity contribution in [1.29, 1.82) is 0 Å². The van der Waals surface area contributed by atoms with Gasteiger partial charge in [0.2, 0.25) is 5.91 Å². The molecule has 0 bridgehead atoms. The minimum absolute atomic E-state index is 0.0756. The van der Waals surface area contributed by atoms with Crippen LogP contribution in [0, 0.1) is 11.8 Å². The fraction of sp³-hybridized carbons (Fsp3) is 0.909. The molecule has 0 aromatic heterocycles. The largest absolute Gasteiger partial charge is 0.300 e. The Morgan fingerprint density at radius 1 is 1.47 bits per heavy atom. The average molecular weight is 213 g/mol. The first-order valence-corrected chi connectivity index (χ1v) is 5.76. The lowest BCUT2D eigenvalue weighted by atomic mass is 9.90. The number of hydrogen-bond donors (Lipinski definition) is 2. The van der Waals surface area contributed by atoms with Gasteiger partial charge in [0.25, 0.3) is 0 Å². The highest BCUT2D eigenvalue weighted by Crippen LogP contribution is 2.23. The first-order chi connectivity index (χ1) is 7.02. The summed E-state index contributed by atoms with van der Waals surface area (Å²) in [6, 6.07) is 0.291. The van der Waals surface area contributed by atoms with Gasteiger partial charge in [-0.2, -0.15) is 0 Å². The lowest BCUT2D eigenvalue weighted by Gasteiger charge is -2.38. The first kappa shape index (κ1) is 12.5.